The van der Waals surface area contributed by atoms with Gasteiger partial charge >= 0.3 is 6.09 Å². The van der Waals surface area contributed by atoms with Crippen molar-refractivity contribution in [1.29, 1.82) is 0 Å². The smallest absolute Gasteiger partial charge is 0.405 e. The van der Waals surface area contributed by atoms with Crippen LogP contribution in [-0.2, 0) is 4.74 Å². The van der Waals surface area contributed by atoms with E-state index in [1.54, 1.807) is 0 Å². The number of carbonyl (C=O) groups is 1. The van der Waals surface area contributed by atoms with Crippen LogP contribution in [0, 0.1) is 0 Å². The molecule has 1 unspecified atom stereocenters. The monoisotopic (exact) mass is 135 g/mol. The van der Waals surface area contributed by atoms with Crippen LogP contribution in [0.15, 0.2) is 0 Å². The second-order valence-electron chi connectivity index (χ2n) is 1.30. The second kappa shape index (κ2) is 3.60. The highest BCUT2D eigenvalue weighted by Crippen LogP contribution is 2.00. The van der Waals surface area contributed by atoms with E-state index in [2.05, 4.69) is 23.1 Å². The Balaban J connectivity index is 3.24. The molecule has 2 N–H and O–H groups in total. The molecule has 1 amide bonds. The van der Waals surface area contributed by atoms with Gasteiger partial charge in [-0.1, -0.05) is 6.92 Å². The summed E-state index contributed by atoms with van der Waals surface area (Å²) in [5.41, 5.74) is 4.30. The van der Waals surface area contributed by atoms with Crippen molar-refractivity contribution in [3.05, 3.63) is 0 Å². The van der Waals surface area contributed by atoms with Crippen LogP contribution >= 0.6 is 12.6 Å². The molecule has 0 spiro atoms. The van der Waals surface area contributed by atoms with Crippen LogP contribution in [-0.4, -0.2) is 11.5 Å². The average molecular weight is 135 g/mol. The molecule has 0 aliphatic rings. The van der Waals surface area contributed by atoms with E-state index in [0.717, 1.165) is 0 Å². The van der Waals surface area contributed by atoms with Crippen LogP contribution in [0.1, 0.15) is 13.3 Å². The Hall–Kier alpha value is -0.380. The first-order chi connectivity index (χ1) is 3.66. The number of thiol groups is 1. The Bertz CT molecular complexity index is 86.1. The molecule has 0 saturated heterocycles. The van der Waals surface area contributed by atoms with E-state index in [1.807, 2.05) is 6.92 Å². The molecule has 0 heterocycles. The van der Waals surface area contributed by atoms with Crippen LogP contribution in [0.5, 0.6) is 0 Å². The van der Waals surface area contributed by atoms with E-state index >= 15 is 0 Å². The summed E-state index contributed by atoms with van der Waals surface area (Å²) < 4.78 is 4.40. The normalized spacial score (nSPS) is 12.8. The van der Waals surface area contributed by atoms with Crippen molar-refractivity contribution in [3.63, 3.8) is 0 Å². The third-order valence-electron chi connectivity index (χ3n) is 0.601. The minimum atomic E-state index is -0.771. The molecule has 8 heavy (non-hydrogen) atoms. The zero-order valence-electron chi connectivity index (χ0n) is 4.63. The predicted octanol–water partition coefficient (Wildman–Crippen LogP) is 0.748. The molecule has 3 nitrogen and oxygen atoms in total. The third-order valence-corrected chi connectivity index (χ3v) is 1.07. The molecule has 0 aliphatic carbocycles. The molecule has 0 radical (unpaired) electrons. The molecule has 0 bridgehead atoms. The second-order valence-corrected chi connectivity index (χ2v) is 1.88. The van der Waals surface area contributed by atoms with Gasteiger partial charge in [-0.3, -0.25) is 0 Å². The summed E-state index contributed by atoms with van der Waals surface area (Å²) in [5.74, 6) is 0. The summed E-state index contributed by atoms with van der Waals surface area (Å²) in [7, 11) is 0. The van der Waals surface area contributed by atoms with E-state index in [9.17, 15) is 4.79 Å². The van der Waals surface area contributed by atoms with Crippen molar-refractivity contribution in [2.24, 2.45) is 5.73 Å². The fourth-order valence-electron chi connectivity index (χ4n) is 0.217. The van der Waals surface area contributed by atoms with E-state index in [-0.39, 0.29) is 5.44 Å². The summed E-state index contributed by atoms with van der Waals surface area (Å²) in [6.45, 7) is 1.85. The molecular weight excluding hydrogens is 126 g/mol. The highest BCUT2D eigenvalue weighted by Gasteiger charge is 2.00. The molecule has 4 heteroatoms. The van der Waals surface area contributed by atoms with Crippen molar-refractivity contribution >= 4 is 18.7 Å². The van der Waals surface area contributed by atoms with Gasteiger partial charge in [-0.05, 0) is 6.42 Å². The van der Waals surface area contributed by atoms with Crippen LogP contribution in [0.2, 0.25) is 0 Å². The molecule has 0 aromatic heterocycles. The van der Waals surface area contributed by atoms with Gasteiger partial charge < -0.3 is 10.5 Å². The van der Waals surface area contributed by atoms with Crippen LogP contribution in [0.3, 0.4) is 0 Å². The fourth-order valence-corrected chi connectivity index (χ4v) is 0.321. The van der Waals surface area contributed by atoms with Crippen molar-refractivity contribution in [2.75, 3.05) is 0 Å². The topological polar surface area (TPSA) is 52.3 Å². The number of nitrogens with two attached hydrogens (primary N) is 1. The van der Waals surface area contributed by atoms with E-state index < -0.39 is 6.09 Å². The summed E-state index contributed by atoms with van der Waals surface area (Å²) in [6.07, 6.45) is -0.0988. The highest BCUT2D eigenvalue weighted by molar-refractivity contribution is 7.80. The van der Waals surface area contributed by atoms with Gasteiger partial charge in [0.2, 0.25) is 0 Å². The summed E-state index contributed by atoms with van der Waals surface area (Å²) in [5, 5.41) is 0. The summed E-state index contributed by atoms with van der Waals surface area (Å²) >= 11 is 3.85. The number of hydrogen-bond acceptors (Lipinski definition) is 3. The Morgan fingerprint density at radius 1 is 2.00 bits per heavy atom. The number of carbonyl (C=O) groups excluding carboxylic acids is 1. The molecule has 0 rings (SSSR count). The molecule has 0 aromatic rings. The molecule has 0 saturated carbocycles. The van der Waals surface area contributed by atoms with Gasteiger partial charge in [-0.25, -0.2) is 4.79 Å². The molecular formula is C4H9NO2S. The summed E-state index contributed by atoms with van der Waals surface area (Å²) in [6, 6.07) is 0. The van der Waals surface area contributed by atoms with Gasteiger partial charge in [0.25, 0.3) is 0 Å². The average Bonchev–Trinajstić information content (AvgIpc) is 1.65. The maximum atomic E-state index is 9.92. The van der Waals surface area contributed by atoms with E-state index in [0.29, 0.717) is 6.42 Å². The van der Waals surface area contributed by atoms with Crippen LogP contribution < -0.4 is 5.73 Å². The molecule has 0 fully saturated rings. The van der Waals surface area contributed by atoms with Crippen molar-refractivity contribution in [3.8, 4) is 0 Å². The van der Waals surface area contributed by atoms with Gasteiger partial charge in [0.05, 0.1) is 0 Å². The van der Waals surface area contributed by atoms with Gasteiger partial charge in [0.15, 0.2) is 0 Å². The highest BCUT2D eigenvalue weighted by atomic mass is 32.1. The zero-order valence-corrected chi connectivity index (χ0v) is 5.52. The van der Waals surface area contributed by atoms with E-state index in [4.69, 9.17) is 0 Å². The van der Waals surface area contributed by atoms with Gasteiger partial charge in [-0.15, -0.1) is 12.6 Å². The predicted molar refractivity (Wildman–Crippen MR) is 33.7 cm³/mol. The SMILES string of the molecule is CCC(S)OC(N)=O. The summed E-state index contributed by atoms with van der Waals surface area (Å²) in [4.78, 5) is 9.92. The fraction of sp³-hybridized carbons (Fsp3) is 0.750. The molecule has 0 aromatic carbocycles. The maximum absolute atomic E-state index is 9.92. The number of primary amides is 1. The Kier molecular flexibility index (Phi) is 3.43. The first-order valence-electron chi connectivity index (χ1n) is 2.31. The minimum Gasteiger partial charge on any atom is -0.436 e. The Labute approximate surface area is 53.6 Å². The Morgan fingerprint density at radius 2 is 2.50 bits per heavy atom. The van der Waals surface area contributed by atoms with E-state index in [1.165, 1.54) is 0 Å². The zero-order chi connectivity index (χ0) is 6.57. The lowest BCUT2D eigenvalue weighted by molar-refractivity contribution is 0.145. The largest absolute Gasteiger partial charge is 0.436 e. The van der Waals surface area contributed by atoms with Crippen LogP contribution in [0.4, 0.5) is 4.79 Å². The number of ether oxygens (including phenoxy) is 1. The minimum absolute atomic E-state index is 0.354. The Morgan fingerprint density at radius 3 is 2.62 bits per heavy atom. The lowest BCUT2D eigenvalue weighted by atomic mass is 10.5. The first kappa shape index (κ1) is 7.62. The number of rotatable bonds is 2. The number of hydrogen-bond donors (Lipinski definition) is 2. The van der Waals surface area contributed by atoms with Crippen molar-refractivity contribution in [2.45, 2.75) is 18.8 Å². The van der Waals surface area contributed by atoms with Gasteiger partial charge in [0, 0.05) is 0 Å². The standard InChI is InChI=1S/C4H9NO2S/c1-2-3(8)7-4(5)6/h3,8H,2H2,1H3,(H2,5,6). The molecule has 0 aliphatic heterocycles. The third kappa shape index (κ3) is 3.80. The quantitative estimate of drug-likeness (QED) is 0.433. The van der Waals surface area contributed by atoms with Crippen molar-refractivity contribution < 1.29 is 9.53 Å². The van der Waals surface area contributed by atoms with Gasteiger partial charge in [0.1, 0.15) is 5.44 Å². The first-order valence-corrected chi connectivity index (χ1v) is 2.82. The maximum Gasteiger partial charge on any atom is 0.405 e. The lowest BCUT2D eigenvalue weighted by Gasteiger charge is -2.05. The lowest BCUT2D eigenvalue weighted by Crippen LogP contribution is -2.17. The van der Waals surface area contributed by atoms with Crippen LogP contribution in [0.25, 0.3) is 0 Å². The number of amides is 1. The van der Waals surface area contributed by atoms with Gasteiger partial charge in [-0.2, -0.15) is 0 Å². The molecule has 48 valence electrons. The molecule has 1 atom stereocenters. The van der Waals surface area contributed by atoms with Crippen molar-refractivity contribution in [1.82, 2.24) is 0 Å².